The Labute approximate surface area is 102 Å². The summed E-state index contributed by atoms with van der Waals surface area (Å²) >= 11 is 3.06. The van der Waals surface area contributed by atoms with Crippen molar-refractivity contribution < 1.29 is 9.18 Å². The van der Waals surface area contributed by atoms with Gasteiger partial charge in [0, 0.05) is 19.1 Å². The Kier molecular flexibility index (Phi) is 3.25. The molecule has 16 heavy (non-hydrogen) atoms. The van der Waals surface area contributed by atoms with Crippen molar-refractivity contribution in [2.45, 2.75) is 12.5 Å². The third-order valence-electron chi connectivity index (χ3n) is 2.69. The molecule has 1 atom stereocenters. The maximum absolute atomic E-state index is 13.7. The number of carbonyl (C=O) groups is 1. The van der Waals surface area contributed by atoms with Crippen LogP contribution >= 0.6 is 15.9 Å². The van der Waals surface area contributed by atoms with Crippen molar-refractivity contribution in [1.29, 1.82) is 0 Å². The number of benzene rings is 1. The summed E-state index contributed by atoms with van der Waals surface area (Å²) in [4.78, 5) is 13.6. The fourth-order valence-corrected chi connectivity index (χ4v) is 2.18. The van der Waals surface area contributed by atoms with Crippen LogP contribution in [0, 0.1) is 5.82 Å². The van der Waals surface area contributed by atoms with Crippen LogP contribution in [0.2, 0.25) is 0 Å². The number of carbonyl (C=O) groups excluding carboxylic acids is 1. The van der Waals surface area contributed by atoms with Crippen molar-refractivity contribution in [3.05, 3.63) is 34.1 Å². The second-order valence-corrected chi connectivity index (χ2v) is 4.76. The van der Waals surface area contributed by atoms with E-state index in [0.717, 1.165) is 6.42 Å². The molecule has 0 saturated carbocycles. The van der Waals surface area contributed by atoms with E-state index in [-0.39, 0.29) is 17.5 Å². The number of likely N-dealkylation sites (tertiary alicyclic amines) is 1. The molecule has 1 aliphatic rings. The summed E-state index contributed by atoms with van der Waals surface area (Å²) < 4.78 is 14.0. The topological polar surface area (TPSA) is 46.3 Å². The first kappa shape index (κ1) is 11.5. The maximum atomic E-state index is 13.7. The van der Waals surface area contributed by atoms with Gasteiger partial charge in [0.25, 0.3) is 5.91 Å². The molecule has 5 heteroatoms. The first-order valence-corrected chi connectivity index (χ1v) is 5.87. The lowest BCUT2D eigenvalue weighted by molar-refractivity contribution is 0.0786. The Morgan fingerprint density at radius 2 is 2.31 bits per heavy atom. The minimum absolute atomic E-state index is 0.0131. The third kappa shape index (κ3) is 2.10. The highest BCUT2D eigenvalue weighted by Gasteiger charge is 2.26. The average Bonchev–Trinajstić information content (AvgIpc) is 2.68. The van der Waals surface area contributed by atoms with Crippen molar-refractivity contribution in [3.8, 4) is 0 Å². The Balaban J connectivity index is 2.24. The Morgan fingerprint density at radius 3 is 2.94 bits per heavy atom. The first-order valence-electron chi connectivity index (χ1n) is 5.08. The molecule has 1 aliphatic heterocycles. The minimum Gasteiger partial charge on any atom is -0.337 e. The van der Waals surface area contributed by atoms with Gasteiger partial charge in [0.05, 0.1) is 10.0 Å². The number of rotatable bonds is 1. The molecule has 3 nitrogen and oxygen atoms in total. The summed E-state index contributed by atoms with van der Waals surface area (Å²) in [6, 6.07) is 4.73. The number of nitrogens with zero attached hydrogens (tertiary/aromatic N) is 1. The summed E-state index contributed by atoms with van der Waals surface area (Å²) in [6.07, 6.45) is 0.779. The number of hydrogen-bond acceptors (Lipinski definition) is 2. The highest BCUT2D eigenvalue weighted by Crippen LogP contribution is 2.21. The van der Waals surface area contributed by atoms with Gasteiger partial charge in [-0.05, 0) is 34.5 Å². The van der Waals surface area contributed by atoms with Gasteiger partial charge in [-0.25, -0.2) is 4.39 Å². The summed E-state index contributed by atoms with van der Waals surface area (Å²) in [5.74, 6) is -0.792. The zero-order chi connectivity index (χ0) is 11.7. The first-order chi connectivity index (χ1) is 7.59. The lowest BCUT2D eigenvalue weighted by Crippen LogP contribution is -2.32. The number of amides is 1. The van der Waals surface area contributed by atoms with Gasteiger partial charge in [0.1, 0.15) is 5.82 Å². The van der Waals surface area contributed by atoms with E-state index in [0.29, 0.717) is 17.6 Å². The molecule has 2 rings (SSSR count). The van der Waals surface area contributed by atoms with Crippen LogP contribution < -0.4 is 5.73 Å². The number of hydrogen-bond donors (Lipinski definition) is 1. The molecular formula is C11H12BrFN2O. The van der Waals surface area contributed by atoms with Gasteiger partial charge in [-0.2, -0.15) is 0 Å². The van der Waals surface area contributed by atoms with Crippen molar-refractivity contribution in [2.75, 3.05) is 13.1 Å². The van der Waals surface area contributed by atoms with Crippen LogP contribution in [0.4, 0.5) is 4.39 Å². The second kappa shape index (κ2) is 4.51. The molecule has 1 aromatic carbocycles. The summed E-state index contributed by atoms with van der Waals surface area (Å²) in [5, 5.41) is 0. The molecular weight excluding hydrogens is 275 g/mol. The van der Waals surface area contributed by atoms with E-state index in [9.17, 15) is 9.18 Å². The average molecular weight is 287 g/mol. The molecule has 0 spiro atoms. The van der Waals surface area contributed by atoms with E-state index in [1.165, 1.54) is 6.07 Å². The molecule has 1 aromatic rings. The van der Waals surface area contributed by atoms with E-state index >= 15 is 0 Å². The SMILES string of the molecule is NC1CCN(C(=O)c2cccc(Br)c2F)C1. The second-order valence-electron chi connectivity index (χ2n) is 3.90. The van der Waals surface area contributed by atoms with Gasteiger partial charge in [-0.1, -0.05) is 6.07 Å². The molecule has 0 bridgehead atoms. The fraction of sp³-hybridized carbons (Fsp3) is 0.364. The van der Waals surface area contributed by atoms with Crippen LogP contribution in [-0.2, 0) is 0 Å². The molecule has 0 aliphatic carbocycles. The van der Waals surface area contributed by atoms with E-state index in [4.69, 9.17) is 5.73 Å². The van der Waals surface area contributed by atoms with Gasteiger partial charge in [0.15, 0.2) is 0 Å². The Hall–Kier alpha value is -0.940. The fourth-order valence-electron chi connectivity index (χ4n) is 1.81. The summed E-state index contributed by atoms with van der Waals surface area (Å²) in [5.41, 5.74) is 5.81. The zero-order valence-corrected chi connectivity index (χ0v) is 10.2. The summed E-state index contributed by atoms with van der Waals surface area (Å²) in [6.45, 7) is 1.11. The smallest absolute Gasteiger partial charge is 0.256 e. The van der Waals surface area contributed by atoms with Gasteiger partial charge < -0.3 is 10.6 Å². The van der Waals surface area contributed by atoms with Gasteiger partial charge in [-0.3, -0.25) is 4.79 Å². The van der Waals surface area contributed by atoms with E-state index < -0.39 is 5.82 Å². The van der Waals surface area contributed by atoms with Crippen molar-refractivity contribution >= 4 is 21.8 Å². The van der Waals surface area contributed by atoms with Crippen LogP contribution in [0.15, 0.2) is 22.7 Å². The van der Waals surface area contributed by atoms with Gasteiger partial charge in [0.2, 0.25) is 0 Å². The van der Waals surface area contributed by atoms with Crippen LogP contribution in [0.3, 0.4) is 0 Å². The highest BCUT2D eigenvalue weighted by molar-refractivity contribution is 9.10. The Bertz CT molecular complexity index is 424. The van der Waals surface area contributed by atoms with E-state index in [1.54, 1.807) is 17.0 Å². The van der Waals surface area contributed by atoms with Crippen molar-refractivity contribution in [3.63, 3.8) is 0 Å². The predicted molar refractivity (Wildman–Crippen MR) is 62.6 cm³/mol. The molecule has 0 radical (unpaired) electrons. The highest BCUT2D eigenvalue weighted by atomic mass is 79.9. The molecule has 1 saturated heterocycles. The normalized spacial score (nSPS) is 20.2. The lowest BCUT2D eigenvalue weighted by Gasteiger charge is -2.16. The van der Waals surface area contributed by atoms with Crippen LogP contribution in [0.25, 0.3) is 0 Å². The van der Waals surface area contributed by atoms with Gasteiger partial charge in [-0.15, -0.1) is 0 Å². The molecule has 1 unspecified atom stereocenters. The quantitative estimate of drug-likeness (QED) is 0.855. The molecule has 2 N–H and O–H groups in total. The largest absolute Gasteiger partial charge is 0.337 e. The van der Waals surface area contributed by atoms with Crippen LogP contribution in [0.1, 0.15) is 16.8 Å². The van der Waals surface area contributed by atoms with Crippen LogP contribution in [0.5, 0.6) is 0 Å². The lowest BCUT2D eigenvalue weighted by atomic mass is 10.2. The zero-order valence-electron chi connectivity index (χ0n) is 8.62. The van der Waals surface area contributed by atoms with E-state index in [1.807, 2.05) is 0 Å². The molecule has 1 fully saturated rings. The molecule has 1 heterocycles. The van der Waals surface area contributed by atoms with Gasteiger partial charge >= 0.3 is 0 Å². The molecule has 1 amide bonds. The Morgan fingerprint density at radius 1 is 1.56 bits per heavy atom. The number of halogens is 2. The van der Waals surface area contributed by atoms with Crippen molar-refractivity contribution in [1.82, 2.24) is 4.90 Å². The molecule has 0 aromatic heterocycles. The maximum Gasteiger partial charge on any atom is 0.256 e. The standard InChI is InChI=1S/C11H12BrFN2O/c12-9-3-1-2-8(10(9)13)11(16)15-5-4-7(14)6-15/h1-3,7H,4-6,14H2. The monoisotopic (exact) mass is 286 g/mol. The minimum atomic E-state index is -0.507. The van der Waals surface area contributed by atoms with E-state index in [2.05, 4.69) is 15.9 Å². The predicted octanol–water partition coefficient (Wildman–Crippen LogP) is 1.76. The van der Waals surface area contributed by atoms with Crippen molar-refractivity contribution in [2.24, 2.45) is 5.73 Å². The third-order valence-corrected chi connectivity index (χ3v) is 3.31. The number of nitrogens with two attached hydrogens (primary N) is 1. The summed E-state index contributed by atoms with van der Waals surface area (Å²) in [7, 11) is 0. The van der Waals surface area contributed by atoms with Crippen LogP contribution in [-0.4, -0.2) is 29.9 Å². The molecule has 86 valence electrons.